The molecule has 0 aliphatic rings. The lowest BCUT2D eigenvalue weighted by atomic mass is 10.2. The number of rotatable bonds is 3. The van der Waals surface area contributed by atoms with E-state index in [1.54, 1.807) is 0 Å². The number of benzene rings is 3. The summed E-state index contributed by atoms with van der Waals surface area (Å²) >= 11 is 0. The van der Waals surface area contributed by atoms with Gasteiger partial charge in [-0.15, -0.1) is 0 Å². The van der Waals surface area contributed by atoms with Gasteiger partial charge in [0.05, 0.1) is 0 Å². The summed E-state index contributed by atoms with van der Waals surface area (Å²) in [5.74, 6) is -4.37. The summed E-state index contributed by atoms with van der Waals surface area (Å²) in [6, 6.07) is 11.7. The molecule has 0 aliphatic heterocycles. The highest BCUT2D eigenvalue weighted by Crippen LogP contribution is 2.20. The zero-order valence-corrected chi connectivity index (χ0v) is 16.8. The highest BCUT2D eigenvalue weighted by atomic mass is 16.4. The number of aromatic hydroxyl groups is 3. The normalized spacial score (nSPS) is 9.45. The van der Waals surface area contributed by atoms with E-state index in [1.807, 2.05) is 0 Å². The molecule has 0 bridgehead atoms. The van der Waals surface area contributed by atoms with Gasteiger partial charge in [0.2, 0.25) is 0 Å². The van der Waals surface area contributed by atoms with Gasteiger partial charge >= 0.3 is 17.9 Å². The van der Waals surface area contributed by atoms with Crippen LogP contribution in [-0.2, 0) is 0 Å². The van der Waals surface area contributed by atoms with Crippen LogP contribution in [0.25, 0.3) is 0 Å². The lowest BCUT2D eigenvalue weighted by Crippen LogP contribution is -1.97. The van der Waals surface area contributed by atoms with E-state index in [9.17, 15) is 14.4 Å². The summed E-state index contributed by atoms with van der Waals surface area (Å²) in [6.45, 7) is 0. The number of carboxylic acid groups (broad SMARTS) is 3. The molecule has 0 spiro atoms. The smallest absolute Gasteiger partial charge is 0.339 e. The summed E-state index contributed by atoms with van der Waals surface area (Å²) in [6.07, 6.45) is 0. The molecule has 12 N–H and O–H groups in total. The van der Waals surface area contributed by atoms with E-state index in [-0.39, 0.29) is 33.9 Å². The number of nitrogens with two attached hydrogens (primary N) is 3. The van der Waals surface area contributed by atoms with Gasteiger partial charge in [-0.05, 0) is 54.6 Å². The maximum absolute atomic E-state index is 10.4. The van der Waals surface area contributed by atoms with Crippen molar-refractivity contribution in [3.05, 3.63) is 71.3 Å². The molecular weight excluding hydrogens is 438 g/mol. The Bertz CT molecular complexity index is 1030. The summed E-state index contributed by atoms with van der Waals surface area (Å²) in [7, 11) is 0. The Labute approximate surface area is 186 Å². The van der Waals surface area contributed by atoms with E-state index in [0.29, 0.717) is 17.1 Å². The van der Waals surface area contributed by atoms with Crippen molar-refractivity contribution in [3.63, 3.8) is 0 Å². The van der Waals surface area contributed by atoms with Crippen molar-refractivity contribution in [1.29, 1.82) is 0 Å². The van der Waals surface area contributed by atoms with Crippen LogP contribution in [0.4, 0.5) is 17.1 Å². The molecule has 0 saturated carbocycles. The number of aromatic carboxylic acids is 3. The van der Waals surface area contributed by atoms with Crippen molar-refractivity contribution < 1.29 is 45.0 Å². The molecule has 0 unspecified atom stereocenters. The fourth-order valence-corrected chi connectivity index (χ4v) is 2.17. The molecule has 0 aliphatic carbocycles. The van der Waals surface area contributed by atoms with Gasteiger partial charge in [-0.2, -0.15) is 0 Å². The number of hydrogen-bond donors (Lipinski definition) is 9. The predicted octanol–water partition coefficient (Wildman–Crippen LogP) is 2.02. The van der Waals surface area contributed by atoms with Gasteiger partial charge in [-0.1, -0.05) is 0 Å². The molecule has 0 radical (unpaired) electrons. The Morgan fingerprint density at radius 1 is 0.485 bits per heavy atom. The van der Waals surface area contributed by atoms with Gasteiger partial charge in [0.25, 0.3) is 0 Å². The molecule has 33 heavy (non-hydrogen) atoms. The second kappa shape index (κ2) is 11.3. The minimum atomic E-state index is -1.19. The quantitative estimate of drug-likeness (QED) is 0.201. The highest BCUT2D eigenvalue weighted by molar-refractivity contribution is 5.92. The molecule has 0 fully saturated rings. The van der Waals surface area contributed by atoms with Crippen molar-refractivity contribution in [2.75, 3.05) is 17.2 Å². The zero-order valence-electron chi connectivity index (χ0n) is 16.8. The number of anilines is 3. The average molecular weight is 459 g/mol. The molecule has 12 heteroatoms. The van der Waals surface area contributed by atoms with Crippen molar-refractivity contribution in [1.82, 2.24) is 0 Å². The van der Waals surface area contributed by atoms with Crippen molar-refractivity contribution in [2.24, 2.45) is 0 Å². The minimum absolute atomic E-state index is 0.176. The van der Waals surface area contributed by atoms with Crippen LogP contribution in [0.2, 0.25) is 0 Å². The zero-order chi connectivity index (χ0) is 25.3. The predicted molar refractivity (Wildman–Crippen MR) is 118 cm³/mol. The molecule has 12 nitrogen and oxygen atoms in total. The summed E-state index contributed by atoms with van der Waals surface area (Å²) in [5.41, 5.74) is 16.3. The second-order valence-electron chi connectivity index (χ2n) is 6.25. The lowest BCUT2D eigenvalue weighted by molar-refractivity contribution is 0.0682. The van der Waals surface area contributed by atoms with Crippen LogP contribution in [0, 0.1) is 0 Å². The minimum Gasteiger partial charge on any atom is -0.507 e. The van der Waals surface area contributed by atoms with Gasteiger partial charge < -0.3 is 47.8 Å². The maximum Gasteiger partial charge on any atom is 0.339 e. The van der Waals surface area contributed by atoms with E-state index in [2.05, 4.69) is 0 Å². The topological polar surface area (TPSA) is 251 Å². The van der Waals surface area contributed by atoms with E-state index < -0.39 is 17.9 Å². The monoisotopic (exact) mass is 459 g/mol. The van der Waals surface area contributed by atoms with Crippen LogP contribution in [-0.4, -0.2) is 48.5 Å². The van der Waals surface area contributed by atoms with Gasteiger partial charge in [0.1, 0.15) is 33.9 Å². The van der Waals surface area contributed by atoms with Crippen LogP contribution in [0.3, 0.4) is 0 Å². The van der Waals surface area contributed by atoms with E-state index in [4.69, 9.17) is 47.8 Å². The molecule has 0 heterocycles. The van der Waals surface area contributed by atoms with Crippen LogP contribution < -0.4 is 17.2 Å². The van der Waals surface area contributed by atoms with Gasteiger partial charge in [0.15, 0.2) is 0 Å². The number of nitrogen functional groups attached to an aromatic ring is 3. The summed E-state index contributed by atoms with van der Waals surface area (Å²) in [5, 5.41) is 52.3. The average Bonchev–Trinajstić information content (AvgIpc) is 2.73. The highest BCUT2D eigenvalue weighted by Gasteiger charge is 2.09. The molecule has 3 aromatic rings. The van der Waals surface area contributed by atoms with Crippen LogP contribution >= 0.6 is 0 Å². The molecular formula is C21H21N3O9. The Morgan fingerprint density at radius 2 is 0.697 bits per heavy atom. The molecule has 0 amide bonds. The third-order valence-corrected chi connectivity index (χ3v) is 3.75. The summed E-state index contributed by atoms with van der Waals surface area (Å²) < 4.78 is 0. The largest absolute Gasteiger partial charge is 0.507 e. The van der Waals surface area contributed by atoms with E-state index in [0.717, 1.165) is 0 Å². The van der Waals surface area contributed by atoms with Gasteiger partial charge in [-0.3, -0.25) is 0 Å². The molecule has 0 atom stereocenters. The van der Waals surface area contributed by atoms with Crippen LogP contribution in [0.15, 0.2) is 54.6 Å². The van der Waals surface area contributed by atoms with Crippen molar-refractivity contribution in [3.8, 4) is 17.2 Å². The maximum atomic E-state index is 10.4. The molecule has 0 saturated heterocycles. The molecule has 174 valence electrons. The van der Waals surface area contributed by atoms with Crippen LogP contribution in [0.5, 0.6) is 17.2 Å². The first-order valence-electron chi connectivity index (χ1n) is 8.78. The Hall–Kier alpha value is -5.13. The van der Waals surface area contributed by atoms with Crippen LogP contribution in [0.1, 0.15) is 31.1 Å². The first-order chi connectivity index (χ1) is 15.3. The number of hydrogen-bond acceptors (Lipinski definition) is 9. The first-order valence-corrected chi connectivity index (χ1v) is 8.78. The Kier molecular flexibility index (Phi) is 8.88. The molecule has 3 rings (SSSR count). The second-order valence-corrected chi connectivity index (χ2v) is 6.25. The fourth-order valence-electron chi connectivity index (χ4n) is 2.17. The first kappa shape index (κ1) is 25.9. The third-order valence-electron chi connectivity index (χ3n) is 3.75. The summed E-state index contributed by atoms with van der Waals surface area (Å²) in [4.78, 5) is 31.1. The third kappa shape index (κ3) is 7.90. The molecule has 3 aromatic carbocycles. The molecule has 0 aromatic heterocycles. The van der Waals surface area contributed by atoms with Gasteiger partial charge in [0, 0.05) is 17.1 Å². The number of carboxylic acids is 3. The van der Waals surface area contributed by atoms with Crippen molar-refractivity contribution in [2.45, 2.75) is 0 Å². The van der Waals surface area contributed by atoms with Crippen molar-refractivity contribution >= 4 is 35.0 Å². The van der Waals surface area contributed by atoms with E-state index in [1.165, 1.54) is 54.6 Å². The Morgan fingerprint density at radius 3 is 0.848 bits per heavy atom. The van der Waals surface area contributed by atoms with Gasteiger partial charge in [-0.25, -0.2) is 14.4 Å². The number of carbonyl (C=O) groups is 3. The van der Waals surface area contributed by atoms with E-state index >= 15 is 0 Å². The Balaban J connectivity index is 0.000000247. The number of phenols is 3. The SMILES string of the molecule is Nc1ccc(O)c(C(=O)O)c1.Nc1ccc(O)c(C(=O)O)c1.Nc1ccc(O)c(C(=O)O)c1. The fraction of sp³-hybridized carbons (Fsp3) is 0. The standard InChI is InChI=1S/3C7H7NO3/c3*8-4-1-2-6(9)5(3-4)7(10)11/h3*1-3,9H,8H2,(H,10,11). The lowest BCUT2D eigenvalue weighted by Gasteiger charge is -1.98.